The molecule has 0 saturated heterocycles. The van der Waals surface area contributed by atoms with Gasteiger partial charge in [0.1, 0.15) is 11.3 Å². The van der Waals surface area contributed by atoms with E-state index in [9.17, 15) is 0 Å². The van der Waals surface area contributed by atoms with Crippen molar-refractivity contribution in [2.75, 3.05) is 6.54 Å². The van der Waals surface area contributed by atoms with Crippen molar-refractivity contribution >= 4 is 48.9 Å². The molecule has 0 bridgehead atoms. The first-order chi connectivity index (χ1) is 14.9. The van der Waals surface area contributed by atoms with E-state index in [1.54, 1.807) is 0 Å². The average Bonchev–Trinajstić information content (AvgIpc) is 3.31. The van der Waals surface area contributed by atoms with Crippen LogP contribution < -0.4 is 0 Å². The number of hydrogen-bond acceptors (Lipinski definition) is 3. The maximum atomic E-state index is 5.96. The summed E-state index contributed by atoms with van der Waals surface area (Å²) >= 11 is 1.91. The van der Waals surface area contributed by atoms with Crippen LogP contribution in [0.15, 0.2) is 64.0 Å². The van der Waals surface area contributed by atoms with Gasteiger partial charge in [0.2, 0.25) is 0 Å². The molecule has 0 spiro atoms. The Labute approximate surface area is 186 Å². The molecule has 5 aromatic rings. The molecule has 6 rings (SSSR count). The van der Waals surface area contributed by atoms with Crippen molar-refractivity contribution in [3.05, 3.63) is 81.9 Å². The Morgan fingerprint density at radius 3 is 2.65 bits per heavy atom. The van der Waals surface area contributed by atoms with Gasteiger partial charge in [0, 0.05) is 44.4 Å². The van der Waals surface area contributed by atoms with Crippen molar-refractivity contribution in [1.29, 1.82) is 0 Å². The highest BCUT2D eigenvalue weighted by Gasteiger charge is 2.26. The number of fused-ring (bicyclic) bond motifs is 6. The molecule has 2 aromatic heterocycles. The lowest BCUT2D eigenvalue weighted by molar-refractivity contribution is 0.579. The molecule has 0 atom stereocenters. The van der Waals surface area contributed by atoms with Gasteiger partial charge in [-0.1, -0.05) is 45.0 Å². The lowest BCUT2D eigenvalue weighted by atomic mass is 9.81. The zero-order valence-corrected chi connectivity index (χ0v) is 19.2. The standard InChI is InChI=1S/C28H25NOS/c1-16-13-20-22(30-16)9-10-23-25(20)26-24(31-23)11-12-29-27(26)18-14-17-7-5-6-8-19(17)21(15-18)28(2,3)4/h5-10,13-15H,11-12H2,1-4H3. The molecule has 154 valence electrons. The smallest absolute Gasteiger partial charge is 0.134 e. The number of furan rings is 1. The molecule has 1 aliphatic rings. The third-order valence-corrected chi connectivity index (χ3v) is 7.55. The number of hydrogen-bond donors (Lipinski definition) is 0. The molecule has 31 heavy (non-hydrogen) atoms. The van der Waals surface area contributed by atoms with Gasteiger partial charge in [-0.3, -0.25) is 4.99 Å². The molecule has 3 heterocycles. The fourth-order valence-corrected chi connectivity index (χ4v) is 6.17. The zero-order chi connectivity index (χ0) is 21.3. The van der Waals surface area contributed by atoms with Crippen molar-refractivity contribution < 1.29 is 4.42 Å². The Kier molecular flexibility index (Phi) is 3.97. The van der Waals surface area contributed by atoms with Gasteiger partial charge < -0.3 is 4.42 Å². The van der Waals surface area contributed by atoms with Crippen molar-refractivity contribution in [1.82, 2.24) is 0 Å². The van der Waals surface area contributed by atoms with E-state index in [-0.39, 0.29) is 5.41 Å². The summed E-state index contributed by atoms with van der Waals surface area (Å²) in [5, 5.41) is 5.12. The number of thiophene rings is 1. The highest BCUT2D eigenvalue weighted by atomic mass is 32.1. The zero-order valence-electron chi connectivity index (χ0n) is 18.4. The first-order valence-electron chi connectivity index (χ1n) is 10.9. The quantitative estimate of drug-likeness (QED) is 0.270. The maximum absolute atomic E-state index is 5.96. The highest BCUT2D eigenvalue weighted by Crippen LogP contribution is 2.41. The van der Waals surface area contributed by atoms with Gasteiger partial charge >= 0.3 is 0 Å². The Hall–Kier alpha value is -2.91. The molecular weight excluding hydrogens is 398 g/mol. The molecule has 3 aromatic carbocycles. The Balaban J connectivity index is 1.67. The summed E-state index contributed by atoms with van der Waals surface area (Å²) in [6.07, 6.45) is 1.01. The van der Waals surface area contributed by atoms with Crippen LogP contribution in [0.1, 0.15) is 48.1 Å². The van der Waals surface area contributed by atoms with Crippen LogP contribution in [0.4, 0.5) is 0 Å². The first-order valence-corrected chi connectivity index (χ1v) is 11.7. The summed E-state index contributed by atoms with van der Waals surface area (Å²) in [4.78, 5) is 6.54. The number of benzene rings is 3. The van der Waals surface area contributed by atoms with Crippen LogP contribution in [0, 0.1) is 6.92 Å². The van der Waals surface area contributed by atoms with Gasteiger partial charge in [-0.2, -0.15) is 0 Å². The van der Waals surface area contributed by atoms with Crippen LogP contribution in [-0.4, -0.2) is 12.3 Å². The number of aliphatic imine (C=N–C) groups is 1. The third-order valence-electron chi connectivity index (χ3n) is 6.34. The van der Waals surface area contributed by atoms with Crippen LogP contribution in [0.2, 0.25) is 0 Å². The van der Waals surface area contributed by atoms with E-state index in [4.69, 9.17) is 9.41 Å². The summed E-state index contributed by atoms with van der Waals surface area (Å²) < 4.78 is 7.29. The molecule has 0 radical (unpaired) electrons. The van der Waals surface area contributed by atoms with Gasteiger partial charge in [0.05, 0.1) is 5.71 Å². The Bertz CT molecular complexity index is 1520. The normalized spacial score (nSPS) is 14.4. The van der Waals surface area contributed by atoms with E-state index < -0.39 is 0 Å². The summed E-state index contributed by atoms with van der Waals surface area (Å²) in [6, 6.07) is 19.9. The molecule has 0 fully saturated rings. The first kappa shape index (κ1) is 18.8. The largest absolute Gasteiger partial charge is 0.461 e. The van der Waals surface area contributed by atoms with Crippen molar-refractivity contribution in [3.8, 4) is 0 Å². The molecule has 2 nitrogen and oxygen atoms in total. The van der Waals surface area contributed by atoms with E-state index in [1.165, 1.54) is 47.8 Å². The predicted octanol–water partition coefficient (Wildman–Crippen LogP) is 7.80. The van der Waals surface area contributed by atoms with Gasteiger partial charge in [0.15, 0.2) is 0 Å². The second kappa shape index (κ2) is 6.54. The van der Waals surface area contributed by atoms with E-state index >= 15 is 0 Å². The van der Waals surface area contributed by atoms with Crippen molar-refractivity contribution in [2.24, 2.45) is 4.99 Å². The molecule has 3 heteroatoms. The minimum absolute atomic E-state index is 0.0549. The maximum Gasteiger partial charge on any atom is 0.134 e. The third kappa shape index (κ3) is 2.87. The summed E-state index contributed by atoms with van der Waals surface area (Å²) in [5.74, 6) is 0.956. The molecule has 0 saturated carbocycles. The van der Waals surface area contributed by atoms with Crippen LogP contribution in [-0.2, 0) is 11.8 Å². The van der Waals surface area contributed by atoms with E-state index in [0.29, 0.717) is 0 Å². The van der Waals surface area contributed by atoms with Crippen LogP contribution in [0.3, 0.4) is 0 Å². The van der Waals surface area contributed by atoms with Crippen molar-refractivity contribution in [3.63, 3.8) is 0 Å². The minimum atomic E-state index is 0.0549. The number of aryl methyl sites for hydroxylation is 1. The highest BCUT2D eigenvalue weighted by molar-refractivity contribution is 7.19. The lowest BCUT2D eigenvalue weighted by Crippen LogP contribution is -2.16. The molecule has 0 aliphatic carbocycles. The van der Waals surface area contributed by atoms with Gasteiger partial charge in [-0.05, 0) is 59.0 Å². The second-order valence-electron chi connectivity index (χ2n) is 9.58. The van der Waals surface area contributed by atoms with Crippen LogP contribution in [0.5, 0.6) is 0 Å². The SMILES string of the molecule is Cc1cc2c(ccc3sc4c(c32)C(c2cc(C(C)(C)C)c3ccccc3c2)=NCC4)o1. The second-order valence-corrected chi connectivity index (χ2v) is 10.7. The molecule has 0 amide bonds. The summed E-state index contributed by atoms with van der Waals surface area (Å²) in [5.41, 5.74) is 6.06. The predicted molar refractivity (Wildman–Crippen MR) is 133 cm³/mol. The monoisotopic (exact) mass is 423 g/mol. The Morgan fingerprint density at radius 2 is 1.81 bits per heavy atom. The topological polar surface area (TPSA) is 25.5 Å². The summed E-state index contributed by atoms with van der Waals surface area (Å²) in [7, 11) is 0. The Morgan fingerprint density at radius 1 is 0.968 bits per heavy atom. The lowest BCUT2D eigenvalue weighted by Gasteiger charge is -2.24. The van der Waals surface area contributed by atoms with Crippen LogP contribution in [0.25, 0.3) is 31.8 Å². The van der Waals surface area contributed by atoms with Crippen LogP contribution >= 0.6 is 11.3 Å². The van der Waals surface area contributed by atoms with Gasteiger partial charge in [-0.25, -0.2) is 0 Å². The van der Waals surface area contributed by atoms with E-state index in [1.807, 2.05) is 18.3 Å². The molecule has 0 unspecified atom stereocenters. The van der Waals surface area contributed by atoms with E-state index in [0.717, 1.165) is 30.0 Å². The fourth-order valence-electron chi connectivity index (χ4n) is 4.96. The molecular formula is C28H25NOS. The van der Waals surface area contributed by atoms with Gasteiger partial charge in [-0.15, -0.1) is 11.3 Å². The average molecular weight is 424 g/mol. The number of rotatable bonds is 1. The van der Waals surface area contributed by atoms with Gasteiger partial charge in [0.25, 0.3) is 0 Å². The minimum Gasteiger partial charge on any atom is -0.461 e. The fraction of sp³-hybridized carbons (Fsp3) is 0.250. The van der Waals surface area contributed by atoms with Crippen molar-refractivity contribution in [2.45, 2.75) is 39.5 Å². The molecule has 1 aliphatic heterocycles. The number of nitrogens with zero attached hydrogens (tertiary/aromatic N) is 1. The summed E-state index contributed by atoms with van der Waals surface area (Å²) in [6.45, 7) is 9.76. The molecule has 0 N–H and O–H groups in total. The van der Waals surface area contributed by atoms with E-state index in [2.05, 4.69) is 75.4 Å².